The van der Waals surface area contributed by atoms with Gasteiger partial charge in [-0.15, -0.1) is 5.92 Å². The fourth-order valence-electron chi connectivity index (χ4n) is 1.97. The summed E-state index contributed by atoms with van der Waals surface area (Å²) < 4.78 is 0. The number of nitrogens with one attached hydrogen (secondary N) is 1. The number of benzene rings is 2. The second-order valence-electron chi connectivity index (χ2n) is 3.99. The van der Waals surface area contributed by atoms with Crippen LogP contribution in [0.3, 0.4) is 0 Å². The molecule has 0 aromatic heterocycles. The zero-order chi connectivity index (χ0) is 11.9. The van der Waals surface area contributed by atoms with Crippen molar-refractivity contribution < 1.29 is 0 Å². The summed E-state index contributed by atoms with van der Waals surface area (Å²) in [4.78, 5) is 0. The van der Waals surface area contributed by atoms with E-state index in [1.807, 2.05) is 6.92 Å². The van der Waals surface area contributed by atoms with E-state index in [9.17, 15) is 0 Å². The molecule has 17 heavy (non-hydrogen) atoms. The minimum absolute atomic E-state index is 0.779. The third-order valence-electron chi connectivity index (χ3n) is 2.84. The minimum atomic E-state index is 0.779. The summed E-state index contributed by atoms with van der Waals surface area (Å²) in [5.74, 6) is 5.89. The first-order chi connectivity index (χ1) is 8.42. The summed E-state index contributed by atoms with van der Waals surface area (Å²) in [6.45, 7) is 3.62. The highest BCUT2D eigenvalue weighted by atomic mass is 14.8. The maximum Gasteiger partial charge on any atom is 0.0576 e. The van der Waals surface area contributed by atoms with E-state index in [1.54, 1.807) is 0 Å². The second-order valence-corrected chi connectivity index (χ2v) is 3.99. The number of rotatable bonds is 4. The zero-order valence-electron chi connectivity index (χ0n) is 10.2. The smallest absolute Gasteiger partial charge is 0.0576 e. The summed E-state index contributed by atoms with van der Waals surface area (Å²) in [6.07, 6.45) is 1.05. The molecule has 0 atom stereocenters. The molecule has 0 bridgehead atoms. The molecular formula is C16H17N. The van der Waals surface area contributed by atoms with Crippen LogP contribution in [0.1, 0.15) is 12.5 Å². The van der Waals surface area contributed by atoms with Crippen LogP contribution in [0.4, 0.5) is 0 Å². The summed E-state index contributed by atoms with van der Waals surface area (Å²) in [5, 5.41) is 6.00. The first kappa shape index (κ1) is 11.7. The molecule has 86 valence electrons. The van der Waals surface area contributed by atoms with Gasteiger partial charge in [-0.25, -0.2) is 0 Å². The molecule has 0 spiro atoms. The average Bonchev–Trinajstić information content (AvgIpc) is 2.39. The molecule has 0 aliphatic carbocycles. The Morgan fingerprint density at radius 3 is 2.76 bits per heavy atom. The van der Waals surface area contributed by atoms with Gasteiger partial charge >= 0.3 is 0 Å². The van der Waals surface area contributed by atoms with Gasteiger partial charge in [0.1, 0.15) is 0 Å². The van der Waals surface area contributed by atoms with E-state index < -0.39 is 0 Å². The molecule has 0 saturated heterocycles. The molecule has 2 aromatic rings. The summed E-state index contributed by atoms with van der Waals surface area (Å²) >= 11 is 0. The Morgan fingerprint density at radius 1 is 1.06 bits per heavy atom. The van der Waals surface area contributed by atoms with Crippen molar-refractivity contribution in [1.82, 2.24) is 5.32 Å². The highest BCUT2D eigenvalue weighted by Crippen LogP contribution is 2.18. The lowest BCUT2D eigenvalue weighted by molar-refractivity contribution is 0.755. The van der Waals surface area contributed by atoms with Gasteiger partial charge in [-0.1, -0.05) is 48.4 Å². The molecule has 0 amide bonds. The molecular weight excluding hydrogens is 206 g/mol. The predicted molar refractivity (Wildman–Crippen MR) is 74.0 cm³/mol. The first-order valence-corrected chi connectivity index (χ1v) is 5.99. The molecule has 0 fully saturated rings. The van der Waals surface area contributed by atoms with Gasteiger partial charge in [-0.3, -0.25) is 0 Å². The van der Waals surface area contributed by atoms with Crippen LogP contribution in [-0.4, -0.2) is 13.1 Å². The Morgan fingerprint density at radius 2 is 1.88 bits per heavy atom. The molecule has 1 nitrogen and oxygen atoms in total. The van der Waals surface area contributed by atoms with E-state index in [0.29, 0.717) is 0 Å². The van der Waals surface area contributed by atoms with Gasteiger partial charge in [0.25, 0.3) is 0 Å². The van der Waals surface area contributed by atoms with E-state index in [2.05, 4.69) is 59.6 Å². The van der Waals surface area contributed by atoms with Gasteiger partial charge in [0.2, 0.25) is 0 Å². The summed E-state index contributed by atoms with van der Waals surface area (Å²) in [5.41, 5.74) is 1.40. The van der Waals surface area contributed by atoms with Crippen LogP contribution in [0.25, 0.3) is 10.8 Å². The average molecular weight is 223 g/mol. The van der Waals surface area contributed by atoms with Gasteiger partial charge in [-0.05, 0) is 29.7 Å². The summed E-state index contributed by atoms with van der Waals surface area (Å²) in [7, 11) is 0. The normalized spacial score (nSPS) is 9.94. The van der Waals surface area contributed by atoms with E-state index in [1.165, 1.54) is 16.3 Å². The number of hydrogen-bond acceptors (Lipinski definition) is 1. The standard InChI is InChI=1S/C16H17N/c1-2-3-12-17-13-11-15-9-6-8-14-7-4-5-10-16(14)15/h4-10,17H,11-13H2,1H3. The molecule has 0 aliphatic rings. The number of fused-ring (bicyclic) bond motifs is 1. The van der Waals surface area contributed by atoms with Crippen LogP contribution in [-0.2, 0) is 6.42 Å². The van der Waals surface area contributed by atoms with Crippen molar-refractivity contribution in [3.05, 3.63) is 48.0 Å². The lowest BCUT2D eigenvalue weighted by atomic mass is 10.0. The van der Waals surface area contributed by atoms with Crippen LogP contribution < -0.4 is 5.32 Å². The van der Waals surface area contributed by atoms with Crippen LogP contribution in [0.2, 0.25) is 0 Å². The van der Waals surface area contributed by atoms with Gasteiger partial charge in [0.15, 0.2) is 0 Å². The second kappa shape index (κ2) is 6.08. The van der Waals surface area contributed by atoms with Crippen LogP contribution >= 0.6 is 0 Å². The Kier molecular flexibility index (Phi) is 4.18. The van der Waals surface area contributed by atoms with E-state index in [4.69, 9.17) is 0 Å². The fourth-order valence-corrected chi connectivity index (χ4v) is 1.97. The fraction of sp³-hybridized carbons (Fsp3) is 0.250. The van der Waals surface area contributed by atoms with Crippen molar-refractivity contribution in [2.24, 2.45) is 0 Å². The predicted octanol–water partition coefficient (Wildman–Crippen LogP) is 3.00. The largest absolute Gasteiger partial charge is 0.306 e. The van der Waals surface area contributed by atoms with Crippen LogP contribution in [0, 0.1) is 11.8 Å². The van der Waals surface area contributed by atoms with E-state index >= 15 is 0 Å². The van der Waals surface area contributed by atoms with Crippen molar-refractivity contribution >= 4 is 10.8 Å². The Hall–Kier alpha value is -1.78. The van der Waals surface area contributed by atoms with Crippen molar-refractivity contribution in [2.45, 2.75) is 13.3 Å². The zero-order valence-corrected chi connectivity index (χ0v) is 10.2. The lowest BCUT2D eigenvalue weighted by Gasteiger charge is -2.06. The highest BCUT2D eigenvalue weighted by molar-refractivity contribution is 5.85. The SMILES string of the molecule is CC#CCNCCc1cccc2ccccc12. The Bertz CT molecular complexity index is 541. The Balaban J connectivity index is 2.05. The summed E-state index contributed by atoms with van der Waals surface area (Å²) in [6, 6.07) is 15.0. The quantitative estimate of drug-likeness (QED) is 0.620. The molecule has 2 aromatic carbocycles. The molecule has 1 heteroatoms. The minimum Gasteiger partial charge on any atom is -0.306 e. The molecule has 1 N–H and O–H groups in total. The molecule has 0 saturated carbocycles. The molecule has 2 rings (SSSR count). The van der Waals surface area contributed by atoms with E-state index in [0.717, 1.165) is 19.5 Å². The lowest BCUT2D eigenvalue weighted by Crippen LogP contribution is -2.17. The molecule has 0 radical (unpaired) electrons. The van der Waals surface area contributed by atoms with Crippen molar-refractivity contribution in [3.8, 4) is 11.8 Å². The monoisotopic (exact) mass is 223 g/mol. The Labute approximate surface area is 103 Å². The van der Waals surface area contributed by atoms with Gasteiger partial charge in [0.05, 0.1) is 6.54 Å². The van der Waals surface area contributed by atoms with Gasteiger partial charge < -0.3 is 5.32 Å². The van der Waals surface area contributed by atoms with E-state index in [-0.39, 0.29) is 0 Å². The molecule has 0 heterocycles. The molecule has 0 unspecified atom stereocenters. The van der Waals surface area contributed by atoms with Crippen LogP contribution in [0.15, 0.2) is 42.5 Å². The van der Waals surface area contributed by atoms with Crippen molar-refractivity contribution in [1.29, 1.82) is 0 Å². The highest BCUT2D eigenvalue weighted by Gasteiger charge is 1.98. The first-order valence-electron chi connectivity index (χ1n) is 5.99. The third kappa shape index (κ3) is 3.09. The maximum absolute atomic E-state index is 3.33. The van der Waals surface area contributed by atoms with Crippen LogP contribution in [0.5, 0.6) is 0 Å². The maximum atomic E-state index is 3.33. The number of hydrogen-bond donors (Lipinski definition) is 1. The van der Waals surface area contributed by atoms with Crippen molar-refractivity contribution in [2.75, 3.05) is 13.1 Å². The third-order valence-corrected chi connectivity index (χ3v) is 2.84. The van der Waals surface area contributed by atoms with Gasteiger partial charge in [0, 0.05) is 6.54 Å². The van der Waals surface area contributed by atoms with Gasteiger partial charge in [-0.2, -0.15) is 0 Å². The topological polar surface area (TPSA) is 12.0 Å². The van der Waals surface area contributed by atoms with Crippen molar-refractivity contribution in [3.63, 3.8) is 0 Å². The molecule has 0 aliphatic heterocycles.